The first kappa shape index (κ1) is 19.2. The van der Waals surface area contributed by atoms with Gasteiger partial charge in [-0.05, 0) is 32.4 Å². The summed E-state index contributed by atoms with van der Waals surface area (Å²) in [6.07, 6.45) is 2.28. The van der Waals surface area contributed by atoms with Crippen molar-refractivity contribution in [1.82, 2.24) is 19.1 Å². The number of nitrogens with zero attached hydrogens (tertiary/aromatic N) is 4. The summed E-state index contributed by atoms with van der Waals surface area (Å²) in [6.45, 7) is 6.78. The number of amides is 1. The van der Waals surface area contributed by atoms with Crippen molar-refractivity contribution >= 4 is 11.7 Å². The van der Waals surface area contributed by atoms with Crippen molar-refractivity contribution in [2.24, 2.45) is 7.05 Å². The van der Waals surface area contributed by atoms with Crippen LogP contribution in [-0.2, 0) is 18.4 Å². The molecule has 1 aliphatic rings. The molecule has 3 heterocycles. The number of fused-ring (bicyclic) bond motifs is 1. The molecular weight excluding hydrogens is 366 g/mol. The van der Waals surface area contributed by atoms with E-state index in [1.165, 1.54) is 0 Å². The highest BCUT2D eigenvalue weighted by atomic mass is 16.2. The zero-order valence-electron chi connectivity index (χ0n) is 17.4. The number of anilines is 1. The van der Waals surface area contributed by atoms with Gasteiger partial charge in [-0.3, -0.25) is 14.3 Å². The van der Waals surface area contributed by atoms with Crippen LogP contribution in [0.5, 0.6) is 0 Å². The normalized spacial score (nSPS) is 16.0. The van der Waals surface area contributed by atoms with Crippen LogP contribution in [-0.4, -0.2) is 25.1 Å². The van der Waals surface area contributed by atoms with Gasteiger partial charge >= 0.3 is 0 Å². The Labute approximate surface area is 169 Å². The van der Waals surface area contributed by atoms with Crippen molar-refractivity contribution in [1.29, 1.82) is 0 Å². The Hall–Kier alpha value is -3.09. The van der Waals surface area contributed by atoms with Crippen molar-refractivity contribution in [3.05, 3.63) is 63.2 Å². The van der Waals surface area contributed by atoms with Gasteiger partial charge in [-0.1, -0.05) is 31.5 Å². The van der Waals surface area contributed by atoms with E-state index in [1.807, 2.05) is 60.6 Å². The average molecular weight is 393 g/mol. The Balaban J connectivity index is 1.89. The molecule has 0 bridgehead atoms. The molecule has 0 saturated heterocycles. The summed E-state index contributed by atoms with van der Waals surface area (Å²) in [4.78, 5) is 26.1. The summed E-state index contributed by atoms with van der Waals surface area (Å²) in [7, 11) is 1.88. The van der Waals surface area contributed by atoms with Crippen molar-refractivity contribution in [3.63, 3.8) is 0 Å². The van der Waals surface area contributed by atoms with Gasteiger partial charge in [0.05, 0.1) is 11.4 Å². The predicted molar refractivity (Wildman–Crippen MR) is 113 cm³/mol. The number of carbonyl (C=O) groups excluding carboxylic acids is 1. The molecule has 1 N–H and O–H groups in total. The molecule has 7 nitrogen and oxygen atoms in total. The molecule has 0 spiro atoms. The third-order valence-corrected chi connectivity index (χ3v) is 5.84. The van der Waals surface area contributed by atoms with E-state index < -0.39 is 0 Å². The molecule has 1 aliphatic heterocycles. The fourth-order valence-electron chi connectivity index (χ4n) is 4.32. The molecule has 2 aromatic heterocycles. The Morgan fingerprint density at radius 3 is 2.55 bits per heavy atom. The molecule has 4 rings (SSSR count). The highest BCUT2D eigenvalue weighted by Crippen LogP contribution is 2.39. The average Bonchev–Trinajstić information content (AvgIpc) is 3.13. The lowest BCUT2D eigenvalue weighted by atomic mass is 9.86. The molecule has 1 aromatic carbocycles. The second-order valence-corrected chi connectivity index (χ2v) is 7.70. The van der Waals surface area contributed by atoms with E-state index in [9.17, 15) is 9.59 Å². The molecule has 29 heavy (non-hydrogen) atoms. The maximum absolute atomic E-state index is 13.5. The van der Waals surface area contributed by atoms with E-state index in [2.05, 4.69) is 17.3 Å². The summed E-state index contributed by atoms with van der Waals surface area (Å²) >= 11 is 0. The van der Waals surface area contributed by atoms with Crippen LogP contribution in [0.4, 0.5) is 5.82 Å². The Morgan fingerprint density at radius 1 is 1.14 bits per heavy atom. The van der Waals surface area contributed by atoms with Crippen LogP contribution in [0.1, 0.15) is 54.6 Å². The smallest absolute Gasteiger partial charge is 0.275 e. The van der Waals surface area contributed by atoms with Gasteiger partial charge in [0.15, 0.2) is 0 Å². The molecule has 7 heteroatoms. The van der Waals surface area contributed by atoms with E-state index in [0.717, 1.165) is 47.8 Å². The molecular formula is C22H27N5O2. The number of hydrogen-bond acceptors (Lipinski definition) is 3. The fourth-order valence-corrected chi connectivity index (χ4v) is 4.32. The van der Waals surface area contributed by atoms with Crippen molar-refractivity contribution in [2.75, 3.05) is 5.32 Å². The minimum absolute atomic E-state index is 0.0749. The van der Waals surface area contributed by atoms with Gasteiger partial charge in [0.2, 0.25) is 5.91 Å². The highest BCUT2D eigenvalue weighted by molar-refractivity contribution is 5.94. The van der Waals surface area contributed by atoms with Gasteiger partial charge in [0, 0.05) is 42.8 Å². The Bertz CT molecular complexity index is 1120. The van der Waals surface area contributed by atoms with Crippen molar-refractivity contribution in [3.8, 4) is 5.69 Å². The lowest BCUT2D eigenvalue weighted by molar-refractivity contribution is -0.116. The molecule has 3 aromatic rings. The zero-order valence-corrected chi connectivity index (χ0v) is 17.4. The second-order valence-electron chi connectivity index (χ2n) is 7.70. The molecule has 0 saturated carbocycles. The van der Waals surface area contributed by atoms with Crippen LogP contribution < -0.4 is 10.9 Å². The van der Waals surface area contributed by atoms with E-state index in [4.69, 9.17) is 0 Å². The second kappa shape index (κ2) is 7.39. The standard InChI is InChI=1S/C22H27N5O2/c1-5-6-12-26-21-19(14(2)24-26)17(13-18(28)23-21)20-15(3)25(4)27(22(20)29)16-10-8-7-9-11-16/h7-11,17H,5-6,12-13H2,1-4H3,(H,23,28)/t17-/m0/s1. The third kappa shape index (κ3) is 3.10. The van der Waals surface area contributed by atoms with Gasteiger partial charge in [0.1, 0.15) is 5.82 Å². The van der Waals surface area contributed by atoms with E-state index in [1.54, 1.807) is 4.68 Å². The fraction of sp³-hybridized carbons (Fsp3) is 0.409. The lowest BCUT2D eigenvalue weighted by Crippen LogP contribution is -2.29. The van der Waals surface area contributed by atoms with Gasteiger partial charge in [-0.2, -0.15) is 5.10 Å². The van der Waals surface area contributed by atoms with E-state index in [0.29, 0.717) is 5.56 Å². The number of aryl methyl sites for hydroxylation is 2. The number of carbonyl (C=O) groups is 1. The molecule has 0 fully saturated rings. The Morgan fingerprint density at radius 2 is 1.86 bits per heavy atom. The molecule has 0 radical (unpaired) electrons. The summed E-state index contributed by atoms with van der Waals surface area (Å²) in [5.41, 5.74) is 4.10. The Kier molecular flexibility index (Phi) is 4.90. The first-order valence-electron chi connectivity index (χ1n) is 10.1. The van der Waals surface area contributed by atoms with Crippen molar-refractivity contribution < 1.29 is 4.79 Å². The van der Waals surface area contributed by atoms with Crippen molar-refractivity contribution in [2.45, 2.75) is 52.5 Å². The SMILES string of the molecule is CCCCn1nc(C)c2c1NC(=O)C[C@@H]2c1c(C)n(C)n(-c2ccccc2)c1=O. The largest absolute Gasteiger partial charge is 0.311 e. The van der Waals surface area contributed by atoms with Gasteiger partial charge in [-0.25, -0.2) is 9.36 Å². The molecule has 0 unspecified atom stereocenters. The van der Waals surface area contributed by atoms with Crippen LogP contribution >= 0.6 is 0 Å². The number of para-hydroxylation sites is 1. The van der Waals surface area contributed by atoms with Crippen LogP contribution in [0.25, 0.3) is 5.69 Å². The maximum Gasteiger partial charge on any atom is 0.275 e. The summed E-state index contributed by atoms with van der Waals surface area (Å²) in [6, 6.07) is 9.59. The summed E-state index contributed by atoms with van der Waals surface area (Å²) in [5.74, 6) is 0.373. The first-order chi connectivity index (χ1) is 13.9. The summed E-state index contributed by atoms with van der Waals surface area (Å²) < 4.78 is 5.43. The van der Waals surface area contributed by atoms with Crippen LogP contribution in [0, 0.1) is 13.8 Å². The molecule has 1 atom stereocenters. The molecule has 0 aliphatic carbocycles. The third-order valence-electron chi connectivity index (χ3n) is 5.84. The lowest BCUT2D eigenvalue weighted by Gasteiger charge is -2.23. The van der Waals surface area contributed by atoms with Gasteiger partial charge in [-0.15, -0.1) is 0 Å². The molecule has 1 amide bonds. The number of hydrogen-bond donors (Lipinski definition) is 1. The number of unbranched alkanes of at least 4 members (excludes halogenated alkanes) is 1. The summed E-state index contributed by atoms with van der Waals surface area (Å²) in [5, 5.41) is 7.67. The quantitative estimate of drug-likeness (QED) is 0.723. The van der Waals surface area contributed by atoms with Crippen LogP contribution in [0.3, 0.4) is 0 Å². The van der Waals surface area contributed by atoms with Crippen LogP contribution in [0.2, 0.25) is 0 Å². The minimum Gasteiger partial charge on any atom is -0.311 e. The number of aromatic nitrogens is 4. The minimum atomic E-state index is -0.294. The maximum atomic E-state index is 13.5. The first-order valence-corrected chi connectivity index (χ1v) is 10.1. The van der Waals surface area contributed by atoms with Gasteiger partial charge in [0.25, 0.3) is 5.56 Å². The number of rotatable bonds is 5. The zero-order chi connectivity index (χ0) is 20.7. The van der Waals surface area contributed by atoms with Gasteiger partial charge < -0.3 is 5.32 Å². The topological polar surface area (TPSA) is 73.8 Å². The number of nitrogens with one attached hydrogen (secondary N) is 1. The predicted octanol–water partition coefficient (Wildman–Crippen LogP) is 3.26. The monoisotopic (exact) mass is 393 g/mol. The van der Waals surface area contributed by atoms with Crippen LogP contribution in [0.15, 0.2) is 35.1 Å². The van der Waals surface area contributed by atoms with E-state index in [-0.39, 0.29) is 23.8 Å². The number of benzene rings is 1. The van der Waals surface area contributed by atoms with E-state index >= 15 is 0 Å². The molecule has 152 valence electrons. The highest BCUT2D eigenvalue weighted by Gasteiger charge is 2.36.